The maximum Gasteiger partial charge on any atom is 0.230 e. The van der Waals surface area contributed by atoms with Gasteiger partial charge in [-0.1, -0.05) is 36.0 Å². The molecule has 0 fully saturated rings. The first-order chi connectivity index (χ1) is 14.6. The molecule has 0 radical (unpaired) electrons. The van der Waals surface area contributed by atoms with Crippen LogP contribution < -0.4 is 15.8 Å². The van der Waals surface area contributed by atoms with E-state index in [2.05, 4.69) is 15.5 Å². The normalized spacial score (nSPS) is 15.3. The number of ether oxygens (including phenoxy) is 1. The minimum absolute atomic E-state index is 0.0718. The maximum atomic E-state index is 12.6. The van der Waals surface area contributed by atoms with E-state index in [1.54, 1.807) is 0 Å². The van der Waals surface area contributed by atoms with Gasteiger partial charge in [0.2, 0.25) is 11.8 Å². The molecule has 156 valence electrons. The second-order valence-corrected chi connectivity index (χ2v) is 8.63. The van der Waals surface area contributed by atoms with Gasteiger partial charge in [-0.05, 0) is 17.5 Å². The highest BCUT2D eigenvalue weighted by Gasteiger charge is 2.23. The van der Waals surface area contributed by atoms with Crippen LogP contribution in [-0.4, -0.2) is 38.9 Å². The van der Waals surface area contributed by atoms with Gasteiger partial charge < -0.3 is 20.4 Å². The number of rotatable bonds is 8. The molecule has 0 bridgehead atoms. The summed E-state index contributed by atoms with van der Waals surface area (Å²) in [6.07, 6.45) is 0.903. The lowest BCUT2D eigenvalue weighted by Crippen LogP contribution is -2.33. The molecular weight excluding hydrogens is 422 g/mol. The van der Waals surface area contributed by atoms with Gasteiger partial charge in [0.15, 0.2) is 11.0 Å². The summed E-state index contributed by atoms with van der Waals surface area (Å²) in [4.78, 5) is 24.8. The Morgan fingerprint density at radius 1 is 1.27 bits per heavy atom. The van der Waals surface area contributed by atoms with Crippen molar-refractivity contribution in [1.82, 2.24) is 20.1 Å². The first kappa shape index (κ1) is 20.4. The Bertz CT molecular complexity index is 1040. The first-order valence-corrected chi connectivity index (χ1v) is 11.4. The minimum atomic E-state index is -0.396. The molecule has 0 spiro atoms. The van der Waals surface area contributed by atoms with E-state index in [4.69, 9.17) is 10.5 Å². The van der Waals surface area contributed by atoms with E-state index in [1.165, 1.54) is 23.1 Å². The predicted octanol–water partition coefficient (Wildman–Crippen LogP) is 2.61. The highest BCUT2D eigenvalue weighted by molar-refractivity contribution is 7.99. The number of carbonyl (C=O) groups is 2. The summed E-state index contributed by atoms with van der Waals surface area (Å²) < 4.78 is 7.50. The molecule has 10 heteroatoms. The third-order valence-electron chi connectivity index (χ3n) is 4.67. The lowest BCUT2D eigenvalue weighted by Gasteiger charge is -2.26. The Morgan fingerprint density at radius 2 is 2.13 bits per heavy atom. The third kappa shape index (κ3) is 4.65. The van der Waals surface area contributed by atoms with Crippen LogP contribution in [0, 0.1) is 0 Å². The van der Waals surface area contributed by atoms with E-state index >= 15 is 0 Å². The Hall–Kier alpha value is -2.85. The van der Waals surface area contributed by atoms with E-state index in [1.807, 2.05) is 46.3 Å². The highest BCUT2D eigenvalue weighted by Crippen LogP contribution is 2.32. The van der Waals surface area contributed by atoms with Crippen LogP contribution in [0.3, 0.4) is 0 Å². The second kappa shape index (κ2) is 9.31. The van der Waals surface area contributed by atoms with Gasteiger partial charge >= 0.3 is 0 Å². The van der Waals surface area contributed by atoms with Crippen molar-refractivity contribution in [3.05, 3.63) is 47.3 Å². The van der Waals surface area contributed by atoms with Crippen molar-refractivity contribution in [2.24, 2.45) is 5.73 Å². The number of nitrogens with one attached hydrogen (secondary N) is 1. The van der Waals surface area contributed by atoms with Crippen LogP contribution in [0.5, 0.6) is 5.75 Å². The number of amides is 2. The number of thioether (sulfide) groups is 1. The number of thiophene rings is 1. The van der Waals surface area contributed by atoms with E-state index < -0.39 is 5.91 Å². The zero-order chi connectivity index (χ0) is 20.9. The van der Waals surface area contributed by atoms with Gasteiger partial charge in [0, 0.05) is 24.9 Å². The molecular formula is C20H21N5O3S2. The summed E-state index contributed by atoms with van der Waals surface area (Å²) in [7, 11) is 0. The van der Waals surface area contributed by atoms with E-state index in [-0.39, 0.29) is 24.1 Å². The summed E-state index contributed by atoms with van der Waals surface area (Å²) in [5.74, 6) is 1.19. The molecule has 8 nitrogen and oxygen atoms in total. The molecule has 0 aliphatic carbocycles. The summed E-state index contributed by atoms with van der Waals surface area (Å²) in [6.45, 7) is 0.938. The topological polar surface area (TPSA) is 112 Å². The fourth-order valence-electron chi connectivity index (χ4n) is 3.27. The van der Waals surface area contributed by atoms with Gasteiger partial charge in [0.1, 0.15) is 5.75 Å². The van der Waals surface area contributed by atoms with Crippen molar-refractivity contribution in [2.75, 3.05) is 12.4 Å². The van der Waals surface area contributed by atoms with Crippen molar-refractivity contribution < 1.29 is 14.3 Å². The number of hydrogen-bond donors (Lipinski definition) is 2. The lowest BCUT2D eigenvalue weighted by atomic mass is 10.0. The quantitative estimate of drug-likeness (QED) is 0.518. The highest BCUT2D eigenvalue weighted by atomic mass is 32.2. The number of benzene rings is 1. The molecule has 0 saturated heterocycles. The lowest BCUT2D eigenvalue weighted by molar-refractivity contribution is -0.119. The molecule has 1 atom stereocenters. The largest absolute Gasteiger partial charge is 0.493 e. The number of hydrogen-bond acceptors (Lipinski definition) is 7. The van der Waals surface area contributed by atoms with Crippen LogP contribution >= 0.6 is 23.1 Å². The maximum absolute atomic E-state index is 12.6. The summed E-state index contributed by atoms with van der Waals surface area (Å²) in [6, 6.07) is 11.5. The first-order valence-electron chi connectivity index (χ1n) is 9.51. The minimum Gasteiger partial charge on any atom is -0.493 e. The van der Waals surface area contributed by atoms with Gasteiger partial charge in [-0.25, -0.2) is 0 Å². The molecule has 3 N–H and O–H groups in total. The molecule has 2 amide bonds. The van der Waals surface area contributed by atoms with E-state index in [0.717, 1.165) is 22.6 Å². The number of para-hydroxylation sites is 1. The predicted molar refractivity (Wildman–Crippen MR) is 115 cm³/mol. The summed E-state index contributed by atoms with van der Waals surface area (Å²) >= 11 is 2.83. The average Bonchev–Trinajstić information content (AvgIpc) is 3.40. The van der Waals surface area contributed by atoms with Crippen molar-refractivity contribution >= 4 is 34.9 Å². The number of primary amides is 1. The van der Waals surface area contributed by atoms with E-state index in [0.29, 0.717) is 24.1 Å². The Balaban J connectivity index is 1.43. The van der Waals surface area contributed by atoms with Gasteiger partial charge in [-0.15, -0.1) is 21.5 Å². The summed E-state index contributed by atoms with van der Waals surface area (Å²) in [5.41, 5.74) is 6.31. The monoisotopic (exact) mass is 443 g/mol. The fourth-order valence-corrected chi connectivity index (χ4v) is 4.76. The summed E-state index contributed by atoms with van der Waals surface area (Å²) in [5, 5.41) is 14.1. The van der Waals surface area contributed by atoms with Crippen LogP contribution in [0.4, 0.5) is 0 Å². The Labute approximate surface area is 181 Å². The van der Waals surface area contributed by atoms with Gasteiger partial charge in [0.05, 0.1) is 23.3 Å². The number of nitrogens with two attached hydrogens (primary N) is 1. The zero-order valence-electron chi connectivity index (χ0n) is 16.1. The third-order valence-corrected chi connectivity index (χ3v) is 6.50. The van der Waals surface area contributed by atoms with Gasteiger partial charge in [-0.2, -0.15) is 0 Å². The molecule has 2 aromatic heterocycles. The van der Waals surface area contributed by atoms with E-state index in [9.17, 15) is 9.59 Å². The zero-order valence-corrected chi connectivity index (χ0v) is 17.7. The fraction of sp³-hybridized carbons (Fsp3) is 0.300. The smallest absolute Gasteiger partial charge is 0.230 e. The molecule has 1 aromatic carbocycles. The van der Waals surface area contributed by atoms with Crippen LogP contribution in [0.1, 0.15) is 24.4 Å². The van der Waals surface area contributed by atoms with Crippen LogP contribution in [0.25, 0.3) is 10.7 Å². The molecule has 0 saturated carbocycles. The van der Waals surface area contributed by atoms with Gasteiger partial charge in [0.25, 0.3) is 0 Å². The average molecular weight is 444 g/mol. The standard InChI is InChI=1S/C20H21N5O3S2/c21-17(26)7-9-25-19(16-6-3-11-29-16)23-24-20(25)30-12-18(27)22-14-8-10-28-15-5-2-1-4-13(14)15/h1-6,11,14H,7-10,12H2,(H2,21,26)(H,22,27). The Morgan fingerprint density at radius 3 is 2.93 bits per heavy atom. The SMILES string of the molecule is NC(=O)CCn1c(SCC(=O)NC2CCOc3ccccc32)nnc1-c1cccs1. The molecule has 4 rings (SSSR count). The number of carbonyl (C=O) groups excluding carboxylic acids is 2. The van der Waals surface area contributed by atoms with Crippen molar-refractivity contribution in [2.45, 2.75) is 30.6 Å². The molecule has 3 aromatic rings. The molecule has 3 heterocycles. The van der Waals surface area contributed by atoms with Crippen LogP contribution in [0.2, 0.25) is 0 Å². The van der Waals surface area contributed by atoms with Crippen molar-refractivity contribution in [1.29, 1.82) is 0 Å². The van der Waals surface area contributed by atoms with Crippen molar-refractivity contribution in [3.8, 4) is 16.5 Å². The van der Waals surface area contributed by atoms with Crippen LogP contribution in [-0.2, 0) is 16.1 Å². The molecule has 1 aliphatic heterocycles. The number of aromatic nitrogens is 3. The van der Waals surface area contributed by atoms with Crippen LogP contribution in [0.15, 0.2) is 46.9 Å². The molecule has 1 aliphatic rings. The number of nitrogens with zero attached hydrogens (tertiary/aromatic N) is 3. The molecule has 1 unspecified atom stereocenters. The second-order valence-electron chi connectivity index (χ2n) is 6.74. The van der Waals surface area contributed by atoms with Gasteiger partial charge in [-0.3, -0.25) is 9.59 Å². The van der Waals surface area contributed by atoms with Crippen molar-refractivity contribution in [3.63, 3.8) is 0 Å². The number of fused-ring (bicyclic) bond motifs is 1. The Kier molecular flexibility index (Phi) is 6.34. The molecule has 30 heavy (non-hydrogen) atoms.